The molecule has 0 aliphatic rings. The van der Waals surface area contributed by atoms with Crippen molar-refractivity contribution in [2.24, 2.45) is 7.05 Å². The second-order valence-electron chi connectivity index (χ2n) is 3.87. The van der Waals surface area contributed by atoms with E-state index >= 15 is 0 Å². The molecule has 17 heavy (non-hydrogen) atoms. The van der Waals surface area contributed by atoms with Crippen molar-refractivity contribution in [1.29, 1.82) is 0 Å². The lowest BCUT2D eigenvalue weighted by Gasteiger charge is -2.06. The van der Waals surface area contributed by atoms with Gasteiger partial charge in [0.2, 0.25) is 10.0 Å². The fourth-order valence-corrected chi connectivity index (χ4v) is 2.29. The summed E-state index contributed by atoms with van der Waals surface area (Å²) in [5.41, 5.74) is 1.87. The summed E-state index contributed by atoms with van der Waals surface area (Å²) in [6.45, 7) is 5.40. The second-order valence-corrected chi connectivity index (χ2v) is 5.80. The summed E-state index contributed by atoms with van der Waals surface area (Å²) < 4.78 is 27.5. The molecule has 2 N–H and O–H groups in total. The summed E-state index contributed by atoms with van der Waals surface area (Å²) in [6, 6.07) is 0. The van der Waals surface area contributed by atoms with E-state index in [0.29, 0.717) is 13.1 Å². The topological polar surface area (TPSA) is 76.0 Å². The molecule has 1 rings (SSSR count). The highest BCUT2D eigenvalue weighted by Crippen LogP contribution is 2.05. The van der Waals surface area contributed by atoms with E-state index in [4.69, 9.17) is 0 Å². The molecule has 0 radical (unpaired) electrons. The minimum atomic E-state index is -3.21. The number of hydrogen-bond acceptors (Lipinski definition) is 4. The SMILES string of the molecule is CCNCCS(=O)(=O)NCc1cnn(C)c1C. The minimum absolute atomic E-state index is 0.0974. The van der Waals surface area contributed by atoms with Crippen molar-refractivity contribution in [3.05, 3.63) is 17.5 Å². The molecule has 0 fully saturated rings. The van der Waals surface area contributed by atoms with Gasteiger partial charge in [-0.3, -0.25) is 4.68 Å². The first-order valence-corrected chi connectivity index (χ1v) is 7.27. The van der Waals surface area contributed by atoms with Crippen LogP contribution in [0.4, 0.5) is 0 Å². The molecular formula is C10H20N4O2S. The van der Waals surface area contributed by atoms with Crippen molar-refractivity contribution >= 4 is 10.0 Å². The summed E-state index contributed by atoms with van der Waals surface area (Å²) in [6.07, 6.45) is 1.68. The molecule has 98 valence electrons. The summed E-state index contributed by atoms with van der Waals surface area (Å²) in [7, 11) is -1.38. The average molecular weight is 260 g/mol. The Morgan fingerprint density at radius 2 is 2.18 bits per heavy atom. The van der Waals surface area contributed by atoms with Gasteiger partial charge >= 0.3 is 0 Å². The molecule has 0 atom stereocenters. The van der Waals surface area contributed by atoms with Gasteiger partial charge in [0.05, 0.1) is 11.9 Å². The van der Waals surface area contributed by atoms with Gasteiger partial charge in [0.25, 0.3) is 0 Å². The lowest BCUT2D eigenvalue weighted by atomic mass is 10.3. The molecule has 6 nitrogen and oxygen atoms in total. The number of nitrogens with zero attached hydrogens (tertiary/aromatic N) is 2. The largest absolute Gasteiger partial charge is 0.316 e. The molecule has 0 spiro atoms. The maximum Gasteiger partial charge on any atom is 0.213 e. The van der Waals surface area contributed by atoms with Gasteiger partial charge < -0.3 is 5.32 Å². The fraction of sp³-hybridized carbons (Fsp3) is 0.700. The van der Waals surface area contributed by atoms with Crippen LogP contribution in [0.25, 0.3) is 0 Å². The van der Waals surface area contributed by atoms with Crippen LogP contribution in [0, 0.1) is 6.92 Å². The van der Waals surface area contributed by atoms with Crippen molar-refractivity contribution in [2.75, 3.05) is 18.8 Å². The van der Waals surface area contributed by atoms with Crippen LogP contribution in [0.1, 0.15) is 18.2 Å². The number of hydrogen-bond donors (Lipinski definition) is 2. The molecular weight excluding hydrogens is 240 g/mol. The van der Waals surface area contributed by atoms with E-state index in [9.17, 15) is 8.42 Å². The zero-order chi connectivity index (χ0) is 12.9. The molecule has 0 aliphatic carbocycles. The second kappa shape index (κ2) is 6.13. The normalized spacial score (nSPS) is 11.9. The summed E-state index contributed by atoms with van der Waals surface area (Å²) in [5, 5.41) is 7.04. The van der Waals surface area contributed by atoms with E-state index in [-0.39, 0.29) is 5.75 Å². The Bertz CT molecular complexity index is 453. The molecule has 0 amide bonds. The van der Waals surface area contributed by atoms with Gasteiger partial charge in [0.1, 0.15) is 0 Å². The highest BCUT2D eigenvalue weighted by atomic mass is 32.2. The standard InChI is InChI=1S/C10H20N4O2S/c1-4-11-5-6-17(15,16)13-8-10-7-12-14(3)9(10)2/h7,11,13H,4-6,8H2,1-3H3. The van der Waals surface area contributed by atoms with E-state index in [2.05, 4.69) is 15.1 Å². The maximum absolute atomic E-state index is 11.6. The predicted molar refractivity (Wildman–Crippen MR) is 67.1 cm³/mol. The van der Waals surface area contributed by atoms with E-state index < -0.39 is 10.0 Å². The molecule has 0 bridgehead atoms. The van der Waals surface area contributed by atoms with E-state index in [1.54, 1.807) is 10.9 Å². The minimum Gasteiger partial charge on any atom is -0.316 e. The fourth-order valence-electron chi connectivity index (χ4n) is 1.36. The Morgan fingerprint density at radius 3 is 2.71 bits per heavy atom. The van der Waals surface area contributed by atoms with Crippen molar-refractivity contribution in [3.63, 3.8) is 0 Å². The smallest absolute Gasteiger partial charge is 0.213 e. The lowest BCUT2D eigenvalue weighted by Crippen LogP contribution is -2.31. The third-order valence-electron chi connectivity index (χ3n) is 2.62. The molecule has 7 heteroatoms. The summed E-state index contributed by atoms with van der Waals surface area (Å²) in [5.74, 6) is 0.0974. The van der Waals surface area contributed by atoms with E-state index in [0.717, 1.165) is 17.8 Å². The predicted octanol–water partition coefficient (Wildman–Crippen LogP) is -0.243. The number of sulfonamides is 1. The van der Waals surface area contributed by atoms with Crippen LogP contribution < -0.4 is 10.0 Å². The molecule has 0 aliphatic heterocycles. The first-order chi connectivity index (χ1) is 7.96. The molecule has 0 saturated heterocycles. The van der Waals surface area contributed by atoms with Crippen LogP contribution in [-0.4, -0.2) is 37.0 Å². The van der Waals surface area contributed by atoms with Crippen molar-refractivity contribution in [3.8, 4) is 0 Å². The van der Waals surface area contributed by atoms with Gasteiger partial charge in [0.15, 0.2) is 0 Å². The van der Waals surface area contributed by atoms with E-state index in [1.807, 2.05) is 20.9 Å². The average Bonchev–Trinajstić information content (AvgIpc) is 2.58. The first-order valence-electron chi connectivity index (χ1n) is 5.62. The quantitative estimate of drug-likeness (QED) is 0.663. The summed E-state index contributed by atoms with van der Waals surface area (Å²) in [4.78, 5) is 0. The Hall–Kier alpha value is -0.920. The molecule has 0 saturated carbocycles. The molecule has 1 heterocycles. The number of aryl methyl sites for hydroxylation is 1. The molecule has 1 aromatic rings. The molecule has 0 aromatic carbocycles. The van der Waals surface area contributed by atoms with Crippen LogP contribution in [0.3, 0.4) is 0 Å². The van der Waals surface area contributed by atoms with Crippen LogP contribution in [0.5, 0.6) is 0 Å². The van der Waals surface area contributed by atoms with Crippen molar-refractivity contribution in [2.45, 2.75) is 20.4 Å². The van der Waals surface area contributed by atoms with Gasteiger partial charge in [-0.1, -0.05) is 6.92 Å². The van der Waals surface area contributed by atoms with Gasteiger partial charge in [0, 0.05) is 31.4 Å². The first kappa shape index (κ1) is 14.1. The van der Waals surface area contributed by atoms with Crippen molar-refractivity contribution in [1.82, 2.24) is 19.8 Å². The van der Waals surface area contributed by atoms with Crippen LogP contribution in [0.15, 0.2) is 6.20 Å². The van der Waals surface area contributed by atoms with Gasteiger partial charge in [-0.25, -0.2) is 13.1 Å². The van der Waals surface area contributed by atoms with Crippen molar-refractivity contribution < 1.29 is 8.42 Å². The highest BCUT2D eigenvalue weighted by Gasteiger charge is 2.11. The van der Waals surface area contributed by atoms with E-state index in [1.165, 1.54) is 0 Å². The number of nitrogens with one attached hydrogen (secondary N) is 2. The zero-order valence-electron chi connectivity index (χ0n) is 10.5. The maximum atomic E-state index is 11.6. The number of aromatic nitrogens is 2. The van der Waals surface area contributed by atoms with Gasteiger partial charge in [-0.15, -0.1) is 0 Å². The third-order valence-corrected chi connectivity index (χ3v) is 3.94. The van der Waals surface area contributed by atoms with Crippen LogP contribution in [0.2, 0.25) is 0 Å². The molecule has 1 aromatic heterocycles. The lowest BCUT2D eigenvalue weighted by molar-refractivity contribution is 0.577. The highest BCUT2D eigenvalue weighted by molar-refractivity contribution is 7.89. The Labute approximate surface area is 102 Å². The molecule has 0 unspecified atom stereocenters. The Balaban J connectivity index is 2.47. The third kappa shape index (κ3) is 4.45. The zero-order valence-corrected chi connectivity index (χ0v) is 11.3. The Morgan fingerprint density at radius 1 is 1.47 bits per heavy atom. The van der Waals surface area contributed by atoms with Crippen LogP contribution >= 0.6 is 0 Å². The van der Waals surface area contributed by atoms with Crippen LogP contribution in [-0.2, 0) is 23.6 Å². The van der Waals surface area contributed by atoms with Gasteiger partial charge in [-0.2, -0.15) is 5.10 Å². The summed E-state index contributed by atoms with van der Waals surface area (Å²) >= 11 is 0. The monoisotopic (exact) mass is 260 g/mol. The Kier molecular flexibility index (Phi) is 5.10. The number of rotatable bonds is 7. The van der Waals surface area contributed by atoms with Gasteiger partial charge in [-0.05, 0) is 13.5 Å².